The van der Waals surface area contributed by atoms with E-state index in [1.54, 1.807) is 16.7 Å². The van der Waals surface area contributed by atoms with Crippen molar-refractivity contribution in [2.45, 2.75) is 31.2 Å². The highest BCUT2D eigenvalue weighted by molar-refractivity contribution is 8.00. The van der Waals surface area contributed by atoms with Crippen molar-refractivity contribution in [1.82, 2.24) is 10.2 Å². The monoisotopic (exact) mass is 284 g/mol. The molecule has 1 fully saturated rings. The van der Waals surface area contributed by atoms with Crippen LogP contribution in [0.15, 0.2) is 0 Å². The Bertz CT molecular complexity index is 295. The van der Waals surface area contributed by atoms with Crippen molar-refractivity contribution >= 4 is 17.7 Å². The van der Waals surface area contributed by atoms with Gasteiger partial charge in [-0.05, 0) is 6.42 Å². The summed E-state index contributed by atoms with van der Waals surface area (Å²) in [6.45, 7) is 4.10. The Hall–Kier alpha value is -0.430. The van der Waals surface area contributed by atoms with Gasteiger partial charge in [0.15, 0.2) is 0 Å². The molecule has 1 aliphatic rings. The number of hydrogen-bond donors (Lipinski definition) is 1. The molecule has 0 aliphatic carbocycles. The van der Waals surface area contributed by atoms with Gasteiger partial charge in [-0.2, -0.15) is 24.9 Å². The molecule has 0 saturated carbocycles. The first-order valence-corrected chi connectivity index (χ1v) is 6.87. The molecule has 0 bridgehead atoms. The molecular weight excluding hydrogens is 265 g/mol. The Morgan fingerprint density at radius 3 is 2.67 bits per heavy atom. The predicted molar refractivity (Wildman–Crippen MR) is 66.7 cm³/mol. The highest BCUT2D eigenvalue weighted by atomic mass is 32.2. The number of nitrogens with zero attached hydrogens (tertiary/aromatic N) is 1. The highest BCUT2D eigenvalue weighted by Gasteiger charge is 2.28. The number of carbonyl (C=O) groups is 1. The highest BCUT2D eigenvalue weighted by Crippen LogP contribution is 2.30. The van der Waals surface area contributed by atoms with Crippen molar-refractivity contribution in [3.05, 3.63) is 0 Å². The molecule has 0 spiro atoms. The molecule has 1 N–H and O–H groups in total. The molecule has 106 valence electrons. The fourth-order valence-electron chi connectivity index (χ4n) is 1.69. The minimum atomic E-state index is -4.27. The van der Waals surface area contributed by atoms with E-state index in [1.165, 1.54) is 0 Å². The van der Waals surface area contributed by atoms with Gasteiger partial charge in [0.2, 0.25) is 5.91 Å². The molecule has 1 heterocycles. The zero-order chi connectivity index (χ0) is 13.8. The van der Waals surface area contributed by atoms with Crippen LogP contribution in [-0.4, -0.2) is 53.7 Å². The SMILES string of the molecule is CC1(C)CCN(C(=O)CNCC(F)(F)F)CCS1. The average Bonchev–Trinajstić information content (AvgIpc) is 2.37. The smallest absolute Gasteiger partial charge is 0.341 e. The van der Waals surface area contributed by atoms with Crippen molar-refractivity contribution in [2.75, 3.05) is 31.9 Å². The van der Waals surface area contributed by atoms with Crippen molar-refractivity contribution in [3.8, 4) is 0 Å². The summed E-state index contributed by atoms with van der Waals surface area (Å²) in [5.74, 6) is 0.579. The van der Waals surface area contributed by atoms with E-state index < -0.39 is 12.7 Å². The number of hydrogen-bond acceptors (Lipinski definition) is 3. The average molecular weight is 284 g/mol. The molecule has 7 heteroatoms. The van der Waals surface area contributed by atoms with E-state index in [-0.39, 0.29) is 17.2 Å². The molecule has 1 amide bonds. The van der Waals surface area contributed by atoms with E-state index in [4.69, 9.17) is 0 Å². The minimum absolute atomic E-state index is 0.133. The van der Waals surface area contributed by atoms with Gasteiger partial charge < -0.3 is 10.2 Å². The van der Waals surface area contributed by atoms with E-state index in [2.05, 4.69) is 19.2 Å². The fourth-order valence-corrected chi connectivity index (χ4v) is 2.79. The zero-order valence-electron chi connectivity index (χ0n) is 10.6. The van der Waals surface area contributed by atoms with Crippen LogP contribution in [0, 0.1) is 0 Å². The minimum Gasteiger partial charge on any atom is -0.341 e. The second-order valence-corrected chi connectivity index (χ2v) is 6.76. The van der Waals surface area contributed by atoms with Crippen molar-refractivity contribution < 1.29 is 18.0 Å². The van der Waals surface area contributed by atoms with Crippen LogP contribution in [0.25, 0.3) is 0 Å². The number of carbonyl (C=O) groups excluding carboxylic acids is 1. The lowest BCUT2D eigenvalue weighted by Crippen LogP contribution is -2.42. The van der Waals surface area contributed by atoms with E-state index in [9.17, 15) is 18.0 Å². The van der Waals surface area contributed by atoms with Crippen LogP contribution in [-0.2, 0) is 4.79 Å². The Kier molecular flexibility index (Phi) is 5.33. The van der Waals surface area contributed by atoms with Crippen LogP contribution in [0.4, 0.5) is 13.2 Å². The van der Waals surface area contributed by atoms with Gasteiger partial charge in [-0.25, -0.2) is 0 Å². The number of amides is 1. The Labute approximate surface area is 109 Å². The number of halogens is 3. The molecule has 1 aliphatic heterocycles. The van der Waals surface area contributed by atoms with Crippen molar-refractivity contribution in [3.63, 3.8) is 0 Å². The molecule has 0 aromatic carbocycles. The summed E-state index contributed by atoms with van der Waals surface area (Å²) in [5.41, 5.74) is 0. The standard InChI is InChI=1S/C11H19F3N2OS/c1-10(2)3-4-16(5-6-18-10)9(17)7-15-8-11(12,13)14/h15H,3-8H2,1-2H3. The molecule has 1 saturated heterocycles. The summed E-state index contributed by atoms with van der Waals surface area (Å²) in [7, 11) is 0. The van der Waals surface area contributed by atoms with E-state index in [0.29, 0.717) is 13.1 Å². The van der Waals surface area contributed by atoms with Gasteiger partial charge >= 0.3 is 6.18 Å². The van der Waals surface area contributed by atoms with Crippen LogP contribution < -0.4 is 5.32 Å². The van der Waals surface area contributed by atoms with Gasteiger partial charge in [0.25, 0.3) is 0 Å². The second-order valence-electron chi connectivity index (χ2n) is 4.96. The number of alkyl halides is 3. The van der Waals surface area contributed by atoms with Crippen LogP contribution in [0.5, 0.6) is 0 Å². The maximum absolute atomic E-state index is 11.9. The largest absolute Gasteiger partial charge is 0.401 e. The molecule has 0 aromatic heterocycles. The zero-order valence-corrected chi connectivity index (χ0v) is 11.5. The molecular formula is C11H19F3N2OS. The van der Waals surface area contributed by atoms with Crippen LogP contribution in [0.1, 0.15) is 20.3 Å². The molecule has 0 radical (unpaired) electrons. The quantitative estimate of drug-likeness (QED) is 0.859. The fraction of sp³-hybridized carbons (Fsp3) is 0.909. The van der Waals surface area contributed by atoms with Gasteiger partial charge in [0.1, 0.15) is 0 Å². The predicted octanol–water partition coefficient (Wildman–Crippen LogP) is 1.88. The van der Waals surface area contributed by atoms with Gasteiger partial charge in [-0.1, -0.05) is 13.8 Å². The first kappa shape index (κ1) is 15.6. The lowest BCUT2D eigenvalue weighted by Gasteiger charge is -2.23. The van der Waals surface area contributed by atoms with Gasteiger partial charge in [0.05, 0.1) is 13.1 Å². The lowest BCUT2D eigenvalue weighted by molar-refractivity contribution is -0.134. The lowest BCUT2D eigenvalue weighted by atomic mass is 10.1. The summed E-state index contributed by atoms with van der Waals surface area (Å²) < 4.78 is 35.9. The number of nitrogens with one attached hydrogen (secondary N) is 1. The van der Waals surface area contributed by atoms with Crippen LogP contribution >= 0.6 is 11.8 Å². The normalized spacial score (nSPS) is 20.6. The van der Waals surface area contributed by atoms with Gasteiger partial charge in [-0.15, -0.1) is 0 Å². The molecule has 18 heavy (non-hydrogen) atoms. The maximum Gasteiger partial charge on any atom is 0.401 e. The number of thioether (sulfide) groups is 1. The Morgan fingerprint density at radius 2 is 2.06 bits per heavy atom. The van der Waals surface area contributed by atoms with E-state index in [1.807, 2.05) is 0 Å². The topological polar surface area (TPSA) is 32.3 Å². The first-order valence-electron chi connectivity index (χ1n) is 5.89. The van der Waals surface area contributed by atoms with Crippen LogP contribution in [0.3, 0.4) is 0 Å². The molecule has 0 atom stereocenters. The van der Waals surface area contributed by atoms with Crippen molar-refractivity contribution in [1.29, 1.82) is 0 Å². The van der Waals surface area contributed by atoms with Crippen LogP contribution in [0.2, 0.25) is 0 Å². The van der Waals surface area contributed by atoms with E-state index in [0.717, 1.165) is 12.2 Å². The number of rotatable bonds is 3. The third-order valence-electron chi connectivity index (χ3n) is 2.79. The Morgan fingerprint density at radius 1 is 1.39 bits per heavy atom. The Balaban J connectivity index is 2.34. The molecule has 0 aromatic rings. The summed E-state index contributed by atoms with van der Waals surface area (Å²) >= 11 is 1.80. The molecule has 1 rings (SSSR count). The summed E-state index contributed by atoms with van der Waals surface area (Å²) in [5, 5.41) is 2.14. The first-order chi connectivity index (χ1) is 8.20. The third-order valence-corrected chi connectivity index (χ3v) is 4.16. The van der Waals surface area contributed by atoms with Gasteiger partial charge in [-0.3, -0.25) is 4.79 Å². The maximum atomic E-state index is 11.9. The summed E-state index contributed by atoms with van der Waals surface area (Å²) in [6.07, 6.45) is -3.40. The summed E-state index contributed by atoms with van der Waals surface area (Å²) in [6, 6.07) is 0. The molecule has 0 unspecified atom stereocenters. The second kappa shape index (κ2) is 6.14. The summed E-state index contributed by atoms with van der Waals surface area (Å²) in [4.78, 5) is 13.4. The van der Waals surface area contributed by atoms with E-state index >= 15 is 0 Å². The third kappa shape index (κ3) is 5.95. The van der Waals surface area contributed by atoms with Crippen molar-refractivity contribution in [2.24, 2.45) is 0 Å². The van der Waals surface area contributed by atoms with Gasteiger partial charge in [0, 0.05) is 23.6 Å². The molecule has 3 nitrogen and oxygen atoms in total.